The topological polar surface area (TPSA) is 50.9 Å². The average Bonchev–Trinajstić information content (AvgIpc) is 2.63. The third kappa shape index (κ3) is 2.82. The van der Waals surface area contributed by atoms with E-state index in [4.69, 9.17) is 0 Å². The van der Waals surface area contributed by atoms with E-state index in [1.54, 1.807) is 0 Å². The van der Waals surface area contributed by atoms with Crippen molar-refractivity contribution >= 4 is 0 Å². The maximum atomic E-state index is 9.25. The summed E-state index contributed by atoms with van der Waals surface area (Å²) < 4.78 is 2.09. The second-order valence-corrected chi connectivity index (χ2v) is 4.65. The molecule has 0 aliphatic heterocycles. The van der Waals surface area contributed by atoms with Crippen molar-refractivity contribution in [2.45, 2.75) is 59.6 Å². The number of hydrogen-bond acceptors (Lipinski definition) is 3. The number of nitrogens with zero attached hydrogens (tertiary/aromatic N) is 3. The van der Waals surface area contributed by atoms with Gasteiger partial charge >= 0.3 is 0 Å². The van der Waals surface area contributed by atoms with Crippen molar-refractivity contribution in [3.8, 4) is 0 Å². The summed E-state index contributed by atoms with van der Waals surface area (Å²) in [5.74, 6) is 2.71. The molecule has 4 nitrogen and oxygen atoms in total. The lowest BCUT2D eigenvalue weighted by Crippen LogP contribution is -2.14. The van der Waals surface area contributed by atoms with E-state index in [2.05, 4.69) is 42.5 Å². The van der Waals surface area contributed by atoms with Gasteiger partial charge in [-0.3, -0.25) is 0 Å². The van der Waals surface area contributed by atoms with Gasteiger partial charge in [-0.1, -0.05) is 27.7 Å². The number of aromatic nitrogens is 3. The molecule has 1 rings (SSSR count). The van der Waals surface area contributed by atoms with E-state index in [0.717, 1.165) is 25.2 Å². The number of rotatable bonds is 6. The largest absolute Gasteiger partial charge is 0.388 e. The van der Waals surface area contributed by atoms with Crippen molar-refractivity contribution in [3.05, 3.63) is 11.6 Å². The third-order valence-electron chi connectivity index (χ3n) is 2.90. The minimum Gasteiger partial charge on any atom is -0.388 e. The van der Waals surface area contributed by atoms with Crippen LogP contribution in [-0.2, 0) is 13.2 Å². The molecule has 0 aliphatic rings. The van der Waals surface area contributed by atoms with Crippen LogP contribution < -0.4 is 0 Å². The molecule has 4 heteroatoms. The first-order chi connectivity index (χ1) is 7.63. The minimum atomic E-state index is -0.0279. The zero-order valence-electron chi connectivity index (χ0n) is 10.8. The maximum absolute atomic E-state index is 9.25. The van der Waals surface area contributed by atoms with Crippen LogP contribution >= 0.6 is 0 Å². The molecule has 0 bridgehead atoms. The van der Waals surface area contributed by atoms with E-state index >= 15 is 0 Å². The Kier molecular flexibility index (Phi) is 4.93. The van der Waals surface area contributed by atoms with E-state index in [-0.39, 0.29) is 6.61 Å². The first-order valence-electron chi connectivity index (χ1n) is 6.16. The minimum absolute atomic E-state index is 0.0279. The summed E-state index contributed by atoms with van der Waals surface area (Å²) in [6.07, 6.45) is 2.14. The molecule has 1 aromatic heterocycles. The molecule has 1 N–H and O–H groups in total. The molecule has 0 saturated heterocycles. The highest BCUT2D eigenvalue weighted by atomic mass is 16.3. The molecule has 0 aliphatic carbocycles. The highest BCUT2D eigenvalue weighted by molar-refractivity contribution is 5.01. The van der Waals surface area contributed by atoms with Crippen molar-refractivity contribution in [2.24, 2.45) is 5.92 Å². The van der Waals surface area contributed by atoms with E-state index < -0.39 is 0 Å². The van der Waals surface area contributed by atoms with E-state index in [1.807, 2.05) is 0 Å². The molecule has 0 saturated carbocycles. The van der Waals surface area contributed by atoms with Gasteiger partial charge in [0.05, 0.1) is 0 Å². The fourth-order valence-corrected chi connectivity index (χ4v) is 1.99. The SMILES string of the molecule is CCC(CC)c1nnc(CO)n1CC(C)C. The van der Waals surface area contributed by atoms with Crippen LogP contribution in [-0.4, -0.2) is 19.9 Å². The molecular formula is C12H23N3O. The molecule has 1 heterocycles. The highest BCUT2D eigenvalue weighted by Gasteiger charge is 2.18. The maximum Gasteiger partial charge on any atom is 0.158 e. The van der Waals surface area contributed by atoms with Gasteiger partial charge < -0.3 is 9.67 Å². The van der Waals surface area contributed by atoms with Crippen LogP contribution in [0.4, 0.5) is 0 Å². The van der Waals surface area contributed by atoms with Crippen molar-refractivity contribution in [2.75, 3.05) is 0 Å². The Morgan fingerprint density at radius 2 is 1.81 bits per heavy atom. The molecule has 16 heavy (non-hydrogen) atoms. The molecule has 1 aromatic rings. The normalized spacial score (nSPS) is 11.7. The van der Waals surface area contributed by atoms with Gasteiger partial charge in [-0.2, -0.15) is 0 Å². The lowest BCUT2D eigenvalue weighted by atomic mass is 10.0. The van der Waals surface area contributed by atoms with Crippen LogP contribution in [0.5, 0.6) is 0 Å². The average molecular weight is 225 g/mol. The zero-order chi connectivity index (χ0) is 12.1. The van der Waals surface area contributed by atoms with E-state index in [1.165, 1.54) is 0 Å². The highest BCUT2D eigenvalue weighted by Crippen LogP contribution is 2.22. The summed E-state index contributed by atoms with van der Waals surface area (Å²) in [7, 11) is 0. The molecule has 0 fully saturated rings. The summed E-state index contributed by atoms with van der Waals surface area (Å²) in [6.45, 7) is 9.52. The van der Waals surface area contributed by atoms with E-state index in [0.29, 0.717) is 17.7 Å². The fraction of sp³-hybridized carbons (Fsp3) is 0.833. The Bertz CT molecular complexity index is 316. The van der Waals surface area contributed by atoms with Gasteiger partial charge in [-0.15, -0.1) is 10.2 Å². The standard InChI is InChI=1S/C12H23N3O/c1-5-10(6-2)12-14-13-11(8-16)15(12)7-9(3)4/h9-10,16H,5-8H2,1-4H3. The molecule has 0 radical (unpaired) electrons. The Morgan fingerprint density at radius 1 is 1.19 bits per heavy atom. The van der Waals surface area contributed by atoms with Gasteiger partial charge in [0, 0.05) is 12.5 Å². The Balaban J connectivity index is 3.03. The first kappa shape index (κ1) is 13.2. The third-order valence-corrected chi connectivity index (χ3v) is 2.90. The summed E-state index contributed by atoms with van der Waals surface area (Å²) in [4.78, 5) is 0. The predicted molar refractivity (Wildman–Crippen MR) is 64.1 cm³/mol. The summed E-state index contributed by atoms with van der Waals surface area (Å²) in [5, 5.41) is 17.6. The molecule has 0 amide bonds. The predicted octanol–water partition coefficient (Wildman–Crippen LogP) is 2.33. The van der Waals surface area contributed by atoms with Gasteiger partial charge in [0.1, 0.15) is 12.4 Å². The van der Waals surface area contributed by atoms with E-state index in [9.17, 15) is 5.11 Å². The smallest absolute Gasteiger partial charge is 0.158 e. The lowest BCUT2D eigenvalue weighted by molar-refractivity contribution is 0.261. The molecule has 0 atom stereocenters. The monoisotopic (exact) mass is 225 g/mol. The fourth-order valence-electron chi connectivity index (χ4n) is 1.99. The second kappa shape index (κ2) is 5.99. The summed E-state index contributed by atoms with van der Waals surface area (Å²) in [6, 6.07) is 0. The van der Waals surface area contributed by atoms with Crippen LogP contribution in [0.3, 0.4) is 0 Å². The van der Waals surface area contributed by atoms with Crippen LogP contribution in [0.25, 0.3) is 0 Å². The van der Waals surface area contributed by atoms with Gasteiger partial charge in [0.2, 0.25) is 0 Å². The Hall–Kier alpha value is -0.900. The molecule has 92 valence electrons. The van der Waals surface area contributed by atoms with Gasteiger partial charge in [-0.25, -0.2) is 0 Å². The van der Waals surface area contributed by atoms with Crippen LogP contribution in [0.2, 0.25) is 0 Å². The molecule has 0 spiro atoms. The van der Waals surface area contributed by atoms with Gasteiger partial charge in [-0.05, 0) is 18.8 Å². The molecule has 0 aromatic carbocycles. The van der Waals surface area contributed by atoms with Crippen LogP contribution in [0, 0.1) is 5.92 Å². The first-order valence-corrected chi connectivity index (χ1v) is 6.16. The zero-order valence-corrected chi connectivity index (χ0v) is 10.8. The number of hydrogen-bond donors (Lipinski definition) is 1. The van der Waals surface area contributed by atoms with Crippen LogP contribution in [0.1, 0.15) is 58.1 Å². The molecular weight excluding hydrogens is 202 g/mol. The molecule has 0 unspecified atom stereocenters. The van der Waals surface area contributed by atoms with Crippen molar-refractivity contribution in [1.29, 1.82) is 0 Å². The lowest BCUT2D eigenvalue weighted by Gasteiger charge is -2.16. The van der Waals surface area contributed by atoms with Crippen molar-refractivity contribution < 1.29 is 5.11 Å². The summed E-state index contributed by atoms with van der Waals surface area (Å²) in [5.41, 5.74) is 0. The number of aliphatic hydroxyl groups is 1. The Labute approximate surface area is 97.7 Å². The van der Waals surface area contributed by atoms with Crippen LogP contribution in [0.15, 0.2) is 0 Å². The Morgan fingerprint density at radius 3 is 2.25 bits per heavy atom. The van der Waals surface area contributed by atoms with Crippen molar-refractivity contribution in [1.82, 2.24) is 14.8 Å². The van der Waals surface area contributed by atoms with Crippen molar-refractivity contribution in [3.63, 3.8) is 0 Å². The van der Waals surface area contributed by atoms with Gasteiger partial charge in [0.15, 0.2) is 5.82 Å². The van der Waals surface area contributed by atoms with Gasteiger partial charge in [0.25, 0.3) is 0 Å². The summed E-state index contributed by atoms with van der Waals surface area (Å²) >= 11 is 0. The number of aliphatic hydroxyl groups excluding tert-OH is 1. The quantitative estimate of drug-likeness (QED) is 0.808. The second-order valence-electron chi connectivity index (χ2n) is 4.65.